The molecule has 3 rings (SSSR count). The van der Waals surface area contributed by atoms with E-state index in [1.807, 2.05) is 37.3 Å². The lowest BCUT2D eigenvalue weighted by Gasteiger charge is -2.37. The highest BCUT2D eigenvalue weighted by atomic mass is 16.5. The van der Waals surface area contributed by atoms with Gasteiger partial charge in [-0.25, -0.2) is 4.98 Å². The molecule has 1 aromatic heterocycles. The number of nitrogen functional groups attached to an aromatic ring is 1. The Morgan fingerprint density at radius 3 is 2.65 bits per heavy atom. The van der Waals surface area contributed by atoms with E-state index in [4.69, 9.17) is 10.5 Å². The van der Waals surface area contributed by atoms with Crippen molar-refractivity contribution in [3.05, 3.63) is 48.0 Å². The number of fused-ring (bicyclic) bond motifs is 1. The van der Waals surface area contributed by atoms with Crippen molar-refractivity contribution in [1.29, 1.82) is 0 Å². The van der Waals surface area contributed by atoms with Crippen molar-refractivity contribution in [2.45, 2.75) is 32.4 Å². The summed E-state index contributed by atoms with van der Waals surface area (Å²) in [5, 5.41) is 2.90. The summed E-state index contributed by atoms with van der Waals surface area (Å²) in [7, 11) is 0. The number of hydrogen-bond donors (Lipinski definition) is 2. The zero-order valence-electron chi connectivity index (χ0n) is 15.0. The first-order valence-electron chi connectivity index (χ1n) is 8.40. The predicted molar refractivity (Wildman–Crippen MR) is 98.7 cm³/mol. The smallest absolute Gasteiger partial charge is 0.272 e. The van der Waals surface area contributed by atoms with Crippen LogP contribution in [0.2, 0.25) is 0 Å². The molecule has 0 fully saturated rings. The molecule has 2 amide bonds. The van der Waals surface area contributed by atoms with Crippen molar-refractivity contribution >= 4 is 23.5 Å². The number of nitrogens with two attached hydrogens (primary N) is 1. The van der Waals surface area contributed by atoms with Crippen molar-refractivity contribution in [2.24, 2.45) is 0 Å². The third-order valence-corrected chi connectivity index (χ3v) is 4.22. The number of nitrogens with one attached hydrogen (secondary N) is 1. The van der Waals surface area contributed by atoms with E-state index in [9.17, 15) is 9.59 Å². The zero-order valence-corrected chi connectivity index (χ0v) is 15.0. The Hall–Kier alpha value is -3.09. The summed E-state index contributed by atoms with van der Waals surface area (Å²) in [6, 6.07) is 12.7. The second kappa shape index (κ2) is 6.67. The fourth-order valence-electron chi connectivity index (χ4n) is 2.87. The van der Waals surface area contributed by atoms with Gasteiger partial charge in [0.2, 0.25) is 5.91 Å². The van der Waals surface area contributed by atoms with Gasteiger partial charge in [0.1, 0.15) is 12.4 Å². The zero-order chi connectivity index (χ0) is 18.9. The first-order chi connectivity index (χ1) is 12.3. The molecule has 26 heavy (non-hydrogen) atoms. The number of benzene rings is 1. The molecule has 1 atom stereocenters. The van der Waals surface area contributed by atoms with E-state index >= 15 is 0 Å². The Bertz CT molecular complexity index is 836. The third-order valence-electron chi connectivity index (χ3n) is 4.22. The van der Waals surface area contributed by atoms with Crippen LogP contribution in [0.3, 0.4) is 0 Å². The average molecular weight is 354 g/mol. The summed E-state index contributed by atoms with van der Waals surface area (Å²) in [6.07, 6.45) is 0. The number of hydrogen-bond acceptors (Lipinski definition) is 5. The Labute approximate surface area is 152 Å². The molecule has 1 aromatic carbocycles. The van der Waals surface area contributed by atoms with E-state index in [1.54, 1.807) is 26.0 Å². The third kappa shape index (κ3) is 3.46. The second-order valence-corrected chi connectivity index (χ2v) is 6.76. The molecule has 1 aliphatic rings. The molecule has 0 saturated carbocycles. The number of ether oxygens (including phenoxy) is 1. The first kappa shape index (κ1) is 17.7. The molecular weight excluding hydrogens is 332 g/mol. The van der Waals surface area contributed by atoms with Crippen LogP contribution in [0, 0.1) is 0 Å². The minimum absolute atomic E-state index is 0.160. The number of carbonyl (C=O) groups excluding carboxylic acids is 2. The molecule has 1 aliphatic heterocycles. The van der Waals surface area contributed by atoms with E-state index < -0.39 is 5.60 Å². The van der Waals surface area contributed by atoms with Crippen LogP contribution in [-0.4, -0.2) is 28.9 Å². The van der Waals surface area contributed by atoms with Gasteiger partial charge in [0.15, 0.2) is 17.2 Å². The molecule has 0 bridgehead atoms. The number of pyridine rings is 1. The van der Waals surface area contributed by atoms with E-state index in [1.165, 1.54) is 4.90 Å². The highest BCUT2D eigenvalue weighted by molar-refractivity contribution is 6.05. The summed E-state index contributed by atoms with van der Waals surface area (Å²) >= 11 is 0. The van der Waals surface area contributed by atoms with Gasteiger partial charge in [-0.2, -0.15) is 0 Å². The van der Waals surface area contributed by atoms with Crippen molar-refractivity contribution < 1.29 is 14.3 Å². The van der Waals surface area contributed by atoms with Gasteiger partial charge in [0.05, 0.1) is 6.04 Å². The second-order valence-electron chi connectivity index (χ2n) is 6.76. The van der Waals surface area contributed by atoms with Gasteiger partial charge in [-0.1, -0.05) is 30.3 Å². The summed E-state index contributed by atoms with van der Waals surface area (Å²) in [5.74, 6) is 0.306. The maximum absolute atomic E-state index is 12.8. The van der Waals surface area contributed by atoms with Gasteiger partial charge >= 0.3 is 0 Å². The van der Waals surface area contributed by atoms with Crippen LogP contribution in [0.25, 0.3) is 0 Å². The van der Waals surface area contributed by atoms with E-state index in [2.05, 4.69) is 10.3 Å². The van der Waals surface area contributed by atoms with Crippen molar-refractivity contribution in [3.63, 3.8) is 0 Å². The predicted octanol–water partition coefficient (Wildman–Crippen LogP) is 2.05. The quantitative estimate of drug-likeness (QED) is 0.876. The van der Waals surface area contributed by atoms with E-state index in [0.717, 1.165) is 5.56 Å². The fraction of sp³-hybridized carbons (Fsp3) is 0.316. The Balaban J connectivity index is 1.80. The number of carbonyl (C=O) groups is 2. The molecule has 7 heteroatoms. The minimum atomic E-state index is -1.09. The van der Waals surface area contributed by atoms with Gasteiger partial charge < -0.3 is 15.8 Å². The highest BCUT2D eigenvalue weighted by Crippen LogP contribution is 2.36. The van der Waals surface area contributed by atoms with Gasteiger partial charge in [0.25, 0.3) is 5.91 Å². The molecule has 2 heterocycles. The Kier molecular flexibility index (Phi) is 4.54. The SMILES string of the molecule is CC(NC(=O)CN1C(=O)C(C)(C)Oc2ccc(N)nc21)c1ccccc1. The van der Waals surface area contributed by atoms with Gasteiger partial charge in [-0.15, -0.1) is 0 Å². The summed E-state index contributed by atoms with van der Waals surface area (Å²) < 4.78 is 5.71. The van der Waals surface area contributed by atoms with Crippen LogP contribution in [0.15, 0.2) is 42.5 Å². The molecule has 136 valence electrons. The normalized spacial score (nSPS) is 16.4. The van der Waals surface area contributed by atoms with Crippen molar-refractivity contribution in [2.75, 3.05) is 17.2 Å². The lowest BCUT2D eigenvalue weighted by Crippen LogP contribution is -2.55. The molecule has 0 spiro atoms. The maximum Gasteiger partial charge on any atom is 0.272 e. The molecule has 3 N–H and O–H groups in total. The maximum atomic E-state index is 12.8. The number of amides is 2. The number of anilines is 2. The lowest BCUT2D eigenvalue weighted by atomic mass is 10.1. The molecule has 0 aliphatic carbocycles. The number of rotatable bonds is 4. The van der Waals surface area contributed by atoms with Crippen molar-refractivity contribution in [1.82, 2.24) is 10.3 Å². The van der Waals surface area contributed by atoms with Crippen LogP contribution < -0.4 is 20.7 Å². The van der Waals surface area contributed by atoms with Crippen LogP contribution in [0.1, 0.15) is 32.4 Å². The van der Waals surface area contributed by atoms with Crippen LogP contribution in [0.4, 0.5) is 11.6 Å². The van der Waals surface area contributed by atoms with Crippen LogP contribution in [-0.2, 0) is 9.59 Å². The van der Waals surface area contributed by atoms with E-state index in [0.29, 0.717) is 5.75 Å². The molecule has 0 radical (unpaired) electrons. The monoisotopic (exact) mass is 354 g/mol. The summed E-state index contributed by atoms with van der Waals surface area (Å²) in [5.41, 5.74) is 5.64. The fourth-order valence-corrected chi connectivity index (χ4v) is 2.87. The Morgan fingerprint density at radius 2 is 1.96 bits per heavy atom. The molecule has 0 saturated heterocycles. The van der Waals surface area contributed by atoms with Crippen LogP contribution in [0.5, 0.6) is 5.75 Å². The highest BCUT2D eigenvalue weighted by Gasteiger charge is 2.42. The molecule has 2 aromatic rings. The van der Waals surface area contributed by atoms with Gasteiger partial charge in [0, 0.05) is 0 Å². The average Bonchev–Trinajstić information content (AvgIpc) is 2.60. The van der Waals surface area contributed by atoms with Gasteiger partial charge in [-0.3, -0.25) is 14.5 Å². The standard InChI is InChI=1S/C19H22N4O3/c1-12(13-7-5-4-6-8-13)21-16(24)11-23-17-14(9-10-15(20)22-17)26-19(2,3)18(23)25/h4-10,12H,11H2,1-3H3,(H2,20,22)(H,21,24). The number of aromatic nitrogens is 1. The molecular formula is C19H22N4O3. The summed E-state index contributed by atoms with van der Waals surface area (Å²) in [4.78, 5) is 30.8. The summed E-state index contributed by atoms with van der Waals surface area (Å²) in [6.45, 7) is 5.05. The molecule has 7 nitrogen and oxygen atoms in total. The topological polar surface area (TPSA) is 97.5 Å². The van der Waals surface area contributed by atoms with Crippen molar-refractivity contribution in [3.8, 4) is 5.75 Å². The van der Waals surface area contributed by atoms with Crippen LogP contribution >= 0.6 is 0 Å². The minimum Gasteiger partial charge on any atom is -0.474 e. The molecule has 1 unspecified atom stereocenters. The Morgan fingerprint density at radius 1 is 1.27 bits per heavy atom. The van der Waals surface area contributed by atoms with E-state index in [-0.39, 0.29) is 36.0 Å². The largest absolute Gasteiger partial charge is 0.474 e. The number of nitrogens with zero attached hydrogens (tertiary/aromatic N) is 2. The van der Waals surface area contributed by atoms with Gasteiger partial charge in [-0.05, 0) is 38.5 Å². The first-order valence-corrected chi connectivity index (χ1v) is 8.40. The lowest BCUT2D eigenvalue weighted by molar-refractivity contribution is -0.134.